The number of carbonyl (C=O) groups excluding carboxylic acids is 1. The van der Waals surface area contributed by atoms with Crippen LogP contribution in [0.4, 0.5) is 11.4 Å². The van der Waals surface area contributed by atoms with E-state index < -0.39 is 15.6 Å². The van der Waals surface area contributed by atoms with E-state index in [4.69, 9.17) is 11.6 Å². The van der Waals surface area contributed by atoms with E-state index in [1.807, 2.05) is 30.3 Å². The molecule has 0 aliphatic carbocycles. The number of nitrogens with one attached hydrogen (secondary N) is 2. The molecular formula is C25H25ClN2O4S. The van der Waals surface area contributed by atoms with Gasteiger partial charge in [0.15, 0.2) is 5.78 Å². The maximum absolute atomic E-state index is 12.8. The molecule has 0 aromatic heterocycles. The number of hydrogen-bond donors (Lipinski definition) is 3. The average Bonchev–Trinajstić information content (AvgIpc) is 2.77. The number of aliphatic hydroxyl groups is 1. The molecule has 0 saturated heterocycles. The molecule has 0 bridgehead atoms. The van der Waals surface area contributed by atoms with E-state index in [2.05, 4.69) is 10.0 Å². The van der Waals surface area contributed by atoms with Crippen molar-refractivity contribution < 1.29 is 18.3 Å². The summed E-state index contributed by atoms with van der Waals surface area (Å²) in [4.78, 5) is 12.9. The van der Waals surface area contributed by atoms with Gasteiger partial charge in [0.05, 0.1) is 16.2 Å². The summed E-state index contributed by atoms with van der Waals surface area (Å²) in [7, 11) is -3.75. The zero-order valence-electron chi connectivity index (χ0n) is 18.2. The van der Waals surface area contributed by atoms with Crippen LogP contribution in [0, 0.1) is 0 Å². The molecule has 0 spiro atoms. The molecule has 3 N–H and O–H groups in total. The van der Waals surface area contributed by atoms with Gasteiger partial charge in [-0.05, 0) is 68.0 Å². The molecule has 0 aliphatic rings. The number of sulfonamides is 1. The van der Waals surface area contributed by atoms with Gasteiger partial charge in [0.2, 0.25) is 10.0 Å². The van der Waals surface area contributed by atoms with E-state index in [0.717, 1.165) is 5.69 Å². The van der Waals surface area contributed by atoms with Crippen molar-refractivity contribution in [3.8, 4) is 0 Å². The first kappa shape index (κ1) is 24.7. The number of ketones is 1. The summed E-state index contributed by atoms with van der Waals surface area (Å²) in [5.74, 6) is -0.228. The fraction of sp³-hybridized carbons (Fsp3) is 0.160. The van der Waals surface area contributed by atoms with Crippen molar-refractivity contribution >= 4 is 44.9 Å². The Morgan fingerprint density at radius 1 is 1.03 bits per heavy atom. The fourth-order valence-electron chi connectivity index (χ4n) is 2.89. The Labute approximate surface area is 199 Å². The summed E-state index contributed by atoms with van der Waals surface area (Å²) in [5.41, 5.74) is 1.37. The standard InChI is InChI=1S/C25H25ClN2O4S/c1-25(2,30)17-27-33(31,32)21-12-8-18(9-13-21)10-15-24(29)22-14-11-19(26)16-23(22)28-20-6-4-3-5-7-20/h3-16,27-28,30H,17H2,1-2H3. The Hall–Kier alpha value is -2.97. The molecule has 0 unspecified atom stereocenters. The van der Waals surface area contributed by atoms with Crippen molar-refractivity contribution in [1.82, 2.24) is 4.72 Å². The molecule has 3 aromatic rings. The number of carbonyl (C=O) groups is 1. The summed E-state index contributed by atoms with van der Waals surface area (Å²) in [6, 6.07) is 20.5. The maximum Gasteiger partial charge on any atom is 0.240 e. The highest BCUT2D eigenvalue weighted by Gasteiger charge is 2.19. The van der Waals surface area contributed by atoms with Gasteiger partial charge in [-0.2, -0.15) is 0 Å². The third-order valence-corrected chi connectivity index (χ3v) is 6.26. The van der Waals surface area contributed by atoms with Crippen LogP contribution in [0.2, 0.25) is 5.02 Å². The first-order chi connectivity index (χ1) is 15.5. The van der Waals surface area contributed by atoms with Gasteiger partial charge in [-0.25, -0.2) is 13.1 Å². The highest BCUT2D eigenvalue weighted by molar-refractivity contribution is 7.89. The molecule has 0 saturated carbocycles. The lowest BCUT2D eigenvalue weighted by atomic mass is 10.1. The molecule has 172 valence electrons. The Kier molecular flexibility index (Phi) is 7.71. The van der Waals surface area contributed by atoms with Crippen molar-refractivity contribution in [2.45, 2.75) is 24.3 Å². The van der Waals surface area contributed by atoms with Gasteiger partial charge >= 0.3 is 0 Å². The molecule has 3 aromatic carbocycles. The lowest BCUT2D eigenvalue weighted by Crippen LogP contribution is -2.38. The second kappa shape index (κ2) is 10.3. The van der Waals surface area contributed by atoms with Crippen LogP contribution in [-0.2, 0) is 10.0 Å². The Balaban J connectivity index is 1.75. The van der Waals surface area contributed by atoms with E-state index in [-0.39, 0.29) is 17.2 Å². The summed E-state index contributed by atoms with van der Waals surface area (Å²) in [6.45, 7) is 2.93. The highest BCUT2D eigenvalue weighted by atomic mass is 35.5. The van der Waals surface area contributed by atoms with Crippen LogP contribution >= 0.6 is 11.6 Å². The molecule has 0 radical (unpaired) electrons. The monoisotopic (exact) mass is 484 g/mol. The number of halogens is 1. The molecule has 0 heterocycles. The van der Waals surface area contributed by atoms with E-state index in [0.29, 0.717) is 21.8 Å². The highest BCUT2D eigenvalue weighted by Crippen LogP contribution is 2.26. The van der Waals surface area contributed by atoms with Gasteiger partial charge < -0.3 is 10.4 Å². The normalized spacial score (nSPS) is 12.1. The first-order valence-electron chi connectivity index (χ1n) is 10.2. The molecule has 0 aliphatic heterocycles. The van der Waals surface area contributed by atoms with Crippen molar-refractivity contribution in [1.29, 1.82) is 0 Å². The average molecular weight is 485 g/mol. The van der Waals surface area contributed by atoms with E-state index in [9.17, 15) is 18.3 Å². The van der Waals surface area contributed by atoms with E-state index >= 15 is 0 Å². The first-order valence-corrected chi connectivity index (χ1v) is 12.1. The largest absolute Gasteiger partial charge is 0.389 e. The Bertz CT molecular complexity index is 1250. The lowest BCUT2D eigenvalue weighted by Gasteiger charge is -2.17. The molecule has 8 heteroatoms. The number of hydrogen-bond acceptors (Lipinski definition) is 5. The quantitative estimate of drug-likeness (QED) is 0.292. The number of allylic oxidation sites excluding steroid dienone is 1. The number of benzene rings is 3. The predicted molar refractivity (Wildman–Crippen MR) is 132 cm³/mol. The second-order valence-corrected chi connectivity index (χ2v) is 10.3. The smallest absolute Gasteiger partial charge is 0.240 e. The maximum atomic E-state index is 12.8. The van der Waals surface area contributed by atoms with Crippen LogP contribution in [0.3, 0.4) is 0 Å². The van der Waals surface area contributed by atoms with Gasteiger partial charge in [0.25, 0.3) is 0 Å². The minimum Gasteiger partial charge on any atom is -0.389 e. The Morgan fingerprint density at radius 3 is 2.33 bits per heavy atom. The molecule has 0 amide bonds. The summed E-state index contributed by atoms with van der Waals surface area (Å²) in [6.07, 6.45) is 3.04. The topological polar surface area (TPSA) is 95.5 Å². The van der Waals surface area contributed by atoms with Crippen LogP contribution in [0.15, 0.2) is 83.8 Å². The SMILES string of the molecule is CC(C)(O)CNS(=O)(=O)c1ccc(C=CC(=O)c2ccc(Cl)cc2Nc2ccccc2)cc1. The molecule has 3 rings (SSSR count). The summed E-state index contributed by atoms with van der Waals surface area (Å²) < 4.78 is 27.1. The van der Waals surface area contributed by atoms with Crippen LogP contribution < -0.4 is 10.0 Å². The summed E-state index contributed by atoms with van der Waals surface area (Å²) in [5, 5.41) is 13.4. The molecule has 33 heavy (non-hydrogen) atoms. The number of para-hydroxylation sites is 1. The minimum atomic E-state index is -3.75. The lowest BCUT2D eigenvalue weighted by molar-refractivity contribution is 0.0857. The van der Waals surface area contributed by atoms with Crippen LogP contribution in [-0.4, -0.2) is 31.5 Å². The van der Waals surface area contributed by atoms with Crippen molar-refractivity contribution in [2.75, 3.05) is 11.9 Å². The summed E-state index contributed by atoms with van der Waals surface area (Å²) >= 11 is 6.12. The minimum absolute atomic E-state index is 0.0716. The second-order valence-electron chi connectivity index (χ2n) is 8.08. The van der Waals surface area contributed by atoms with Gasteiger partial charge in [0.1, 0.15) is 0 Å². The third-order valence-electron chi connectivity index (χ3n) is 4.61. The Morgan fingerprint density at radius 2 is 1.70 bits per heavy atom. The van der Waals surface area contributed by atoms with Crippen LogP contribution in [0.25, 0.3) is 6.08 Å². The molecular weight excluding hydrogens is 460 g/mol. The van der Waals surface area contributed by atoms with Crippen LogP contribution in [0.5, 0.6) is 0 Å². The van der Waals surface area contributed by atoms with Gasteiger partial charge in [0, 0.05) is 22.8 Å². The van der Waals surface area contributed by atoms with Gasteiger partial charge in [-0.1, -0.05) is 48.0 Å². The van der Waals surface area contributed by atoms with Crippen molar-refractivity contribution in [3.63, 3.8) is 0 Å². The number of anilines is 2. The van der Waals surface area contributed by atoms with Gasteiger partial charge in [-0.3, -0.25) is 4.79 Å². The third kappa shape index (κ3) is 7.27. The molecule has 0 atom stereocenters. The fourth-order valence-corrected chi connectivity index (χ4v) is 4.26. The zero-order valence-corrected chi connectivity index (χ0v) is 19.8. The molecule has 6 nitrogen and oxygen atoms in total. The van der Waals surface area contributed by atoms with Crippen molar-refractivity contribution in [2.24, 2.45) is 0 Å². The zero-order chi connectivity index (χ0) is 24.1. The van der Waals surface area contributed by atoms with Gasteiger partial charge in [-0.15, -0.1) is 0 Å². The predicted octanol–water partition coefficient (Wildman–Crippen LogP) is 5.03. The molecule has 0 fully saturated rings. The van der Waals surface area contributed by atoms with E-state index in [1.165, 1.54) is 32.1 Å². The number of rotatable bonds is 9. The van der Waals surface area contributed by atoms with E-state index in [1.54, 1.807) is 36.4 Å². The van der Waals surface area contributed by atoms with Crippen molar-refractivity contribution in [3.05, 3.63) is 95.0 Å². The van der Waals surface area contributed by atoms with Crippen LogP contribution in [0.1, 0.15) is 29.8 Å².